The lowest BCUT2D eigenvalue weighted by Crippen LogP contribution is -2.35. The van der Waals surface area contributed by atoms with Gasteiger partial charge in [-0.25, -0.2) is 4.98 Å². The molecule has 0 bridgehead atoms. The van der Waals surface area contributed by atoms with Gasteiger partial charge in [0.15, 0.2) is 0 Å². The Balaban J connectivity index is 0.00000338. The summed E-state index contributed by atoms with van der Waals surface area (Å²) in [6.07, 6.45) is 1.16. The van der Waals surface area contributed by atoms with Crippen molar-refractivity contribution in [3.63, 3.8) is 0 Å². The molecule has 0 aliphatic heterocycles. The number of hydrogen-bond acceptors (Lipinski definition) is 6. The van der Waals surface area contributed by atoms with Gasteiger partial charge >= 0.3 is 5.97 Å². The molecule has 0 fully saturated rings. The summed E-state index contributed by atoms with van der Waals surface area (Å²) in [5.74, 6) is -1.04. The van der Waals surface area contributed by atoms with Crippen LogP contribution in [0.4, 0.5) is 0 Å². The van der Waals surface area contributed by atoms with Crippen molar-refractivity contribution in [3.8, 4) is 0 Å². The van der Waals surface area contributed by atoms with Gasteiger partial charge in [-0.15, -0.1) is 23.7 Å². The average molecular weight is 398 g/mol. The normalized spacial score (nSPS) is 11.3. The van der Waals surface area contributed by atoms with Gasteiger partial charge in [0.2, 0.25) is 0 Å². The largest absolute Gasteiger partial charge is 0.466 e. The van der Waals surface area contributed by atoms with E-state index in [2.05, 4.69) is 10.3 Å². The van der Waals surface area contributed by atoms with Crippen molar-refractivity contribution in [2.45, 2.75) is 19.8 Å². The van der Waals surface area contributed by atoms with Gasteiger partial charge in [-0.3, -0.25) is 9.59 Å². The van der Waals surface area contributed by atoms with Crippen LogP contribution in [0.2, 0.25) is 0 Å². The fourth-order valence-electron chi connectivity index (χ4n) is 2.36. The molecule has 6 nitrogen and oxygen atoms in total. The van der Waals surface area contributed by atoms with Crippen LogP contribution in [0, 0.1) is 5.92 Å². The first-order valence-electron chi connectivity index (χ1n) is 8.27. The summed E-state index contributed by atoms with van der Waals surface area (Å²) in [5.41, 5.74) is 6.87. The zero-order valence-electron chi connectivity index (χ0n) is 14.6. The molecule has 1 unspecified atom stereocenters. The lowest BCUT2D eigenvalue weighted by molar-refractivity contribution is -0.147. The Morgan fingerprint density at radius 3 is 2.69 bits per heavy atom. The molecule has 0 saturated heterocycles. The molecule has 0 radical (unpaired) electrons. The number of aromatic nitrogens is 1. The van der Waals surface area contributed by atoms with Crippen molar-refractivity contribution < 1.29 is 14.3 Å². The number of carbonyl (C=O) groups is 2. The SMILES string of the molecule is CCOC(=O)C(CNC(=O)c1csc(CCN)n1)Cc1ccccc1.Cl. The standard InChI is InChI=1S/C18H23N3O3S.ClH/c1-2-24-18(23)14(10-13-6-4-3-5-7-13)11-20-17(22)15-12-25-16(21-15)8-9-19;/h3-7,12,14H,2,8-11,19H2,1H3,(H,20,22);1H. The molecule has 3 N–H and O–H groups in total. The van der Waals surface area contributed by atoms with E-state index in [1.54, 1.807) is 12.3 Å². The molecule has 2 rings (SSSR count). The number of esters is 1. The quantitative estimate of drug-likeness (QED) is 0.632. The Morgan fingerprint density at radius 2 is 2.04 bits per heavy atom. The van der Waals surface area contributed by atoms with Gasteiger partial charge in [0.05, 0.1) is 17.5 Å². The fourth-order valence-corrected chi connectivity index (χ4v) is 3.15. The Labute approximate surface area is 163 Å². The van der Waals surface area contributed by atoms with Gasteiger partial charge in [0, 0.05) is 18.3 Å². The second-order valence-electron chi connectivity index (χ2n) is 5.51. The first-order chi connectivity index (χ1) is 12.1. The summed E-state index contributed by atoms with van der Waals surface area (Å²) in [6.45, 7) is 2.78. The van der Waals surface area contributed by atoms with E-state index in [-0.39, 0.29) is 30.8 Å². The van der Waals surface area contributed by atoms with Crippen LogP contribution in [0.5, 0.6) is 0 Å². The number of nitrogens with two attached hydrogens (primary N) is 1. The maximum absolute atomic E-state index is 12.2. The molecule has 0 saturated carbocycles. The van der Waals surface area contributed by atoms with Crippen LogP contribution < -0.4 is 11.1 Å². The molecule has 0 aliphatic carbocycles. The molecule has 142 valence electrons. The third-order valence-corrected chi connectivity index (χ3v) is 4.51. The summed E-state index contributed by atoms with van der Waals surface area (Å²) in [6, 6.07) is 9.67. The third kappa shape index (κ3) is 6.74. The molecule has 2 aromatic rings. The van der Waals surface area contributed by atoms with E-state index in [0.717, 1.165) is 10.6 Å². The van der Waals surface area contributed by atoms with Gasteiger partial charge in [-0.2, -0.15) is 0 Å². The first kappa shape index (κ1) is 22.1. The highest BCUT2D eigenvalue weighted by Crippen LogP contribution is 2.12. The summed E-state index contributed by atoms with van der Waals surface area (Å²) in [7, 11) is 0. The topological polar surface area (TPSA) is 94.3 Å². The molecule has 26 heavy (non-hydrogen) atoms. The summed E-state index contributed by atoms with van der Waals surface area (Å²) < 4.78 is 5.13. The highest BCUT2D eigenvalue weighted by Gasteiger charge is 2.22. The zero-order chi connectivity index (χ0) is 18.1. The number of rotatable bonds is 9. The minimum Gasteiger partial charge on any atom is -0.466 e. The van der Waals surface area contributed by atoms with Crippen molar-refractivity contribution >= 4 is 35.6 Å². The van der Waals surface area contributed by atoms with Crippen molar-refractivity contribution in [1.82, 2.24) is 10.3 Å². The van der Waals surface area contributed by atoms with Crippen LogP contribution in [0.25, 0.3) is 0 Å². The van der Waals surface area contributed by atoms with Crippen molar-refractivity contribution in [2.75, 3.05) is 19.7 Å². The van der Waals surface area contributed by atoms with E-state index >= 15 is 0 Å². The average Bonchev–Trinajstić information content (AvgIpc) is 3.08. The smallest absolute Gasteiger partial charge is 0.311 e. The Bertz CT molecular complexity index is 694. The maximum atomic E-state index is 12.2. The number of ether oxygens (including phenoxy) is 1. The summed E-state index contributed by atoms with van der Waals surface area (Å²) in [4.78, 5) is 28.7. The van der Waals surface area contributed by atoms with Crippen LogP contribution >= 0.6 is 23.7 Å². The predicted molar refractivity (Wildman–Crippen MR) is 105 cm³/mol. The van der Waals surface area contributed by atoms with E-state index in [1.807, 2.05) is 30.3 Å². The summed E-state index contributed by atoms with van der Waals surface area (Å²) >= 11 is 1.41. The highest BCUT2D eigenvalue weighted by molar-refractivity contribution is 7.09. The predicted octanol–water partition coefficient (Wildman–Crippen LogP) is 2.22. The molecule has 0 spiro atoms. The van der Waals surface area contributed by atoms with E-state index in [4.69, 9.17) is 10.5 Å². The number of amides is 1. The molecule has 1 aromatic heterocycles. The van der Waals surface area contributed by atoms with Crippen LogP contribution in [0.15, 0.2) is 35.7 Å². The number of hydrogen-bond donors (Lipinski definition) is 2. The molecule has 1 heterocycles. The lowest BCUT2D eigenvalue weighted by atomic mass is 9.99. The number of halogens is 1. The minimum atomic E-state index is -0.437. The molecule has 1 aromatic carbocycles. The van der Waals surface area contributed by atoms with E-state index in [9.17, 15) is 9.59 Å². The van der Waals surface area contributed by atoms with Gasteiger partial charge in [0.1, 0.15) is 5.69 Å². The van der Waals surface area contributed by atoms with Crippen molar-refractivity contribution in [1.29, 1.82) is 0 Å². The lowest BCUT2D eigenvalue weighted by Gasteiger charge is -2.16. The molecular formula is C18H24ClN3O3S. The van der Waals surface area contributed by atoms with Crippen LogP contribution in [0.3, 0.4) is 0 Å². The number of carbonyl (C=O) groups excluding carboxylic acids is 2. The Kier molecular flexibility index (Phi) is 9.87. The third-order valence-electron chi connectivity index (χ3n) is 3.60. The zero-order valence-corrected chi connectivity index (χ0v) is 16.3. The van der Waals surface area contributed by atoms with E-state index in [0.29, 0.717) is 31.7 Å². The van der Waals surface area contributed by atoms with E-state index in [1.165, 1.54) is 11.3 Å². The number of nitrogens with zero attached hydrogens (tertiary/aromatic N) is 1. The van der Waals surface area contributed by atoms with Gasteiger partial charge in [0.25, 0.3) is 5.91 Å². The molecular weight excluding hydrogens is 374 g/mol. The van der Waals surface area contributed by atoms with Crippen LogP contribution in [-0.2, 0) is 22.4 Å². The molecule has 1 amide bonds. The van der Waals surface area contributed by atoms with Gasteiger partial charge in [-0.05, 0) is 25.5 Å². The Morgan fingerprint density at radius 1 is 1.31 bits per heavy atom. The second kappa shape index (κ2) is 11.6. The van der Waals surface area contributed by atoms with Gasteiger partial charge in [-0.1, -0.05) is 30.3 Å². The van der Waals surface area contributed by atoms with Crippen molar-refractivity contribution in [2.24, 2.45) is 11.7 Å². The van der Waals surface area contributed by atoms with Crippen LogP contribution in [0.1, 0.15) is 28.0 Å². The number of nitrogens with one attached hydrogen (secondary N) is 1. The number of benzene rings is 1. The molecule has 0 aliphatic rings. The Hall–Kier alpha value is -1.96. The van der Waals surface area contributed by atoms with Crippen LogP contribution in [-0.4, -0.2) is 36.6 Å². The van der Waals surface area contributed by atoms with Gasteiger partial charge < -0.3 is 15.8 Å². The second-order valence-corrected chi connectivity index (χ2v) is 6.46. The highest BCUT2D eigenvalue weighted by atomic mass is 35.5. The maximum Gasteiger partial charge on any atom is 0.311 e. The first-order valence-corrected chi connectivity index (χ1v) is 9.15. The minimum absolute atomic E-state index is 0. The van der Waals surface area contributed by atoms with E-state index < -0.39 is 5.92 Å². The molecule has 1 atom stereocenters. The van der Waals surface area contributed by atoms with Crippen molar-refractivity contribution in [3.05, 3.63) is 52.0 Å². The monoisotopic (exact) mass is 397 g/mol. The molecule has 8 heteroatoms. The fraction of sp³-hybridized carbons (Fsp3) is 0.389. The summed E-state index contributed by atoms with van der Waals surface area (Å²) in [5, 5.41) is 5.32. The number of thiazole rings is 1.